The van der Waals surface area contributed by atoms with Crippen molar-refractivity contribution in [2.45, 2.75) is 39.8 Å². The van der Waals surface area contributed by atoms with E-state index in [1.807, 2.05) is 27.7 Å². The number of pyridine rings is 1. The van der Waals surface area contributed by atoms with E-state index in [2.05, 4.69) is 49.4 Å². The van der Waals surface area contributed by atoms with Crippen LogP contribution >= 0.6 is 0 Å². The molecule has 0 amide bonds. The molecule has 1 saturated heterocycles. The van der Waals surface area contributed by atoms with Crippen molar-refractivity contribution in [1.29, 1.82) is 0 Å². The minimum absolute atomic E-state index is 0.0391. The van der Waals surface area contributed by atoms with Gasteiger partial charge in [0.15, 0.2) is 0 Å². The molecule has 2 heterocycles. The summed E-state index contributed by atoms with van der Waals surface area (Å²) in [4.78, 5) is 12.0. The molecule has 0 spiro atoms. The number of alkyl halides is 3. The zero-order valence-electron chi connectivity index (χ0n) is 22.7. The maximum atomic E-state index is 12.9. The van der Waals surface area contributed by atoms with Crippen LogP contribution in [0.15, 0.2) is 63.6 Å². The first kappa shape index (κ1) is 32.5. The fourth-order valence-corrected chi connectivity index (χ4v) is 2.87. The van der Waals surface area contributed by atoms with Gasteiger partial charge in [-0.15, -0.1) is 6.58 Å². The molecule has 0 radical (unpaired) electrons. The summed E-state index contributed by atoms with van der Waals surface area (Å²) in [5.74, 6) is 0.306. The van der Waals surface area contributed by atoms with Gasteiger partial charge in [-0.2, -0.15) is 18.3 Å². The number of aromatic nitrogens is 1. The first-order valence-corrected chi connectivity index (χ1v) is 12.1. The molecule has 38 heavy (non-hydrogen) atoms. The normalized spacial score (nSPS) is 13.7. The van der Waals surface area contributed by atoms with Crippen LogP contribution in [0.5, 0.6) is 0 Å². The molecule has 1 aliphatic heterocycles. The van der Waals surface area contributed by atoms with E-state index >= 15 is 0 Å². The summed E-state index contributed by atoms with van der Waals surface area (Å²) in [6.07, 6.45) is -2.90. The zero-order chi connectivity index (χ0) is 28.6. The molecule has 3 rings (SSSR count). The lowest BCUT2D eigenvalue weighted by atomic mass is 10.1. The third-order valence-electron chi connectivity index (χ3n) is 4.53. The second kappa shape index (κ2) is 17.0. The third-order valence-corrected chi connectivity index (χ3v) is 4.53. The van der Waals surface area contributed by atoms with E-state index in [0.29, 0.717) is 22.8 Å². The number of morpholine rings is 1. The van der Waals surface area contributed by atoms with E-state index in [1.54, 1.807) is 25.2 Å². The molecule has 1 aromatic carbocycles. The molecule has 1 aromatic heterocycles. The van der Waals surface area contributed by atoms with Crippen molar-refractivity contribution in [1.82, 2.24) is 15.7 Å². The standard InChI is InChI=1S/C19H21F3N6.C4H9NO.C4H8/c1-12(2)17-16(26-14-7-5-6-13(10-14)19(20,21)22)9-8-15(27-17)11-25-28-18(23-3)24-4;1-3-6-4-2-5-1;1-4(2)3/h5-12,26H,3H2,1-2,4H3,(H,24,28);5H,1-4H2;1H2,2-3H3/b25-11+;;. The van der Waals surface area contributed by atoms with Crippen LogP contribution in [0.3, 0.4) is 0 Å². The van der Waals surface area contributed by atoms with Crippen LogP contribution in [0.1, 0.15) is 50.6 Å². The number of aliphatic imine (C=N–C) groups is 2. The maximum Gasteiger partial charge on any atom is 0.416 e. The summed E-state index contributed by atoms with van der Waals surface area (Å²) < 4.78 is 43.7. The summed E-state index contributed by atoms with van der Waals surface area (Å²) in [6, 6.07) is 8.50. The lowest BCUT2D eigenvalue weighted by molar-refractivity contribution is -0.137. The van der Waals surface area contributed by atoms with Crippen molar-refractivity contribution in [3.8, 4) is 0 Å². The highest BCUT2D eigenvalue weighted by Crippen LogP contribution is 2.32. The molecule has 11 heteroatoms. The Morgan fingerprint density at radius 3 is 2.29 bits per heavy atom. The number of nitrogens with one attached hydrogen (secondary N) is 3. The number of rotatable bonds is 5. The van der Waals surface area contributed by atoms with Crippen molar-refractivity contribution >= 4 is 30.3 Å². The Bertz CT molecular complexity index is 1060. The summed E-state index contributed by atoms with van der Waals surface area (Å²) in [6.45, 7) is 18.6. The number of allylic oxidation sites excluding steroid dienone is 1. The van der Waals surface area contributed by atoms with Crippen LogP contribution in [0.25, 0.3) is 0 Å². The topological polar surface area (TPSA) is 95.3 Å². The van der Waals surface area contributed by atoms with Crippen molar-refractivity contribution < 1.29 is 17.9 Å². The molecule has 2 aromatic rings. The molecule has 0 saturated carbocycles. The van der Waals surface area contributed by atoms with Crippen LogP contribution in [0.4, 0.5) is 24.5 Å². The first-order valence-electron chi connectivity index (χ1n) is 12.1. The Morgan fingerprint density at radius 1 is 1.16 bits per heavy atom. The molecule has 0 aliphatic carbocycles. The van der Waals surface area contributed by atoms with Gasteiger partial charge in [0.25, 0.3) is 0 Å². The monoisotopic (exact) mass is 533 g/mol. The highest BCUT2D eigenvalue weighted by molar-refractivity contribution is 5.85. The first-order chi connectivity index (χ1) is 18.0. The minimum Gasteiger partial charge on any atom is -0.379 e. The summed E-state index contributed by atoms with van der Waals surface area (Å²) >= 11 is 0. The van der Waals surface area contributed by atoms with E-state index in [4.69, 9.17) is 4.74 Å². The predicted octanol–water partition coefficient (Wildman–Crippen LogP) is 5.77. The van der Waals surface area contributed by atoms with Crippen molar-refractivity contribution in [3.05, 3.63) is 65.5 Å². The maximum absolute atomic E-state index is 12.9. The Hall–Kier alpha value is -3.57. The van der Waals surface area contributed by atoms with Crippen molar-refractivity contribution in [2.24, 2.45) is 15.1 Å². The van der Waals surface area contributed by atoms with Crippen molar-refractivity contribution in [2.75, 3.05) is 38.7 Å². The van der Waals surface area contributed by atoms with Gasteiger partial charge in [-0.3, -0.25) is 4.99 Å². The summed E-state index contributed by atoms with van der Waals surface area (Å²) in [5, 5.41) is 10.2. The van der Waals surface area contributed by atoms with Gasteiger partial charge in [0, 0.05) is 25.8 Å². The molecule has 1 aliphatic rings. The van der Waals surface area contributed by atoms with Gasteiger partial charge in [-0.1, -0.05) is 25.5 Å². The van der Waals surface area contributed by atoms with Gasteiger partial charge in [0.1, 0.15) is 0 Å². The second-order valence-corrected chi connectivity index (χ2v) is 8.67. The average molecular weight is 534 g/mol. The number of halogens is 3. The van der Waals surface area contributed by atoms with E-state index in [0.717, 1.165) is 38.4 Å². The van der Waals surface area contributed by atoms with E-state index in [1.165, 1.54) is 17.9 Å². The minimum atomic E-state index is -4.40. The van der Waals surface area contributed by atoms with Crippen LogP contribution in [0, 0.1) is 0 Å². The number of nitrogens with zero attached hydrogens (tertiary/aromatic N) is 4. The molecular formula is C27H38F3N7O. The molecule has 208 valence electrons. The number of guanidine groups is 1. The largest absolute Gasteiger partial charge is 0.416 e. The predicted molar refractivity (Wildman–Crippen MR) is 151 cm³/mol. The molecule has 8 nitrogen and oxygen atoms in total. The number of anilines is 2. The smallest absolute Gasteiger partial charge is 0.379 e. The van der Waals surface area contributed by atoms with Crippen LogP contribution < -0.4 is 16.1 Å². The van der Waals surface area contributed by atoms with Crippen LogP contribution in [-0.4, -0.2) is 57.2 Å². The van der Waals surface area contributed by atoms with Crippen LogP contribution in [-0.2, 0) is 10.9 Å². The molecule has 3 N–H and O–H groups in total. The van der Waals surface area contributed by atoms with Gasteiger partial charge in [-0.05, 0) is 56.8 Å². The number of ether oxygens (including phenoxy) is 1. The Labute approximate surface area is 223 Å². The highest BCUT2D eigenvalue weighted by atomic mass is 19.4. The highest BCUT2D eigenvalue weighted by Gasteiger charge is 2.30. The van der Waals surface area contributed by atoms with Gasteiger partial charge >= 0.3 is 6.18 Å². The van der Waals surface area contributed by atoms with Crippen molar-refractivity contribution in [3.63, 3.8) is 0 Å². The molecular weight excluding hydrogens is 495 g/mol. The fraction of sp³-hybridized carbons (Fsp3) is 0.407. The molecule has 0 atom stereocenters. The van der Waals surface area contributed by atoms with E-state index < -0.39 is 11.7 Å². The zero-order valence-corrected chi connectivity index (χ0v) is 22.7. The fourth-order valence-electron chi connectivity index (χ4n) is 2.87. The second-order valence-electron chi connectivity index (χ2n) is 8.67. The Balaban J connectivity index is 0.000000603. The quantitative estimate of drug-likeness (QED) is 0.196. The van der Waals surface area contributed by atoms with Crippen LogP contribution in [0.2, 0.25) is 0 Å². The Morgan fingerprint density at radius 2 is 1.82 bits per heavy atom. The third kappa shape index (κ3) is 13.1. The van der Waals surface area contributed by atoms with E-state index in [-0.39, 0.29) is 11.9 Å². The van der Waals surface area contributed by atoms with Gasteiger partial charge in [0.05, 0.1) is 42.1 Å². The molecule has 0 unspecified atom stereocenters. The van der Waals surface area contributed by atoms with Gasteiger partial charge in [-0.25, -0.2) is 15.4 Å². The lowest BCUT2D eigenvalue weighted by Gasteiger charge is -2.15. The summed E-state index contributed by atoms with van der Waals surface area (Å²) in [7, 11) is 1.55. The molecule has 0 bridgehead atoms. The lowest BCUT2D eigenvalue weighted by Crippen LogP contribution is -2.30. The number of benzene rings is 1. The average Bonchev–Trinajstić information content (AvgIpc) is 2.88. The number of hydrazone groups is 1. The Kier molecular flexibility index (Phi) is 14.6. The van der Waals surface area contributed by atoms with E-state index in [9.17, 15) is 13.2 Å². The summed E-state index contributed by atoms with van der Waals surface area (Å²) in [5.41, 5.74) is 5.31. The SMILES string of the molecule is C1COCCN1.C=C(C)C.C=NC(=NC)N/N=C/c1ccc(Nc2cccc(C(F)(F)F)c2)c(C(C)C)n1. The number of hydrogen-bond donors (Lipinski definition) is 3. The van der Waals surface area contributed by atoms with Gasteiger partial charge < -0.3 is 15.4 Å². The number of hydrogen-bond acceptors (Lipinski definition) is 6. The molecule has 1 fully saturated rings. The van der Waals surface area contributed by atoms with Gasteiger partial charge in [0.2, 0.25) is 5.96 Å².